The molecule has 0 radical (unpaired) electrons. The first-order chi connectivity index (χ1) is 15.7. The number of carbonyl (C=O) groups is 2. The summed E-state index contributed by atoms with van der Waals surface area (Å²) in [5.41, 5.74) is 4.01. The second-order valence-electron chi connectivity index (χ2n) is 8.57. The van der Waals surface area contributed by atoms with Crippen molar-refractivity contribution in [2.75, 3.05) is 31.1 Å². The Kier molecular flexibility index (Phi) is 7.39. The average Bonchev–Trinajstić information content (AvgIpc) is 2.87. The maximum atomic E-state index is 13.3. The smallest absolute Gasteiger partial charge is 0.247 e. The third-order valence-corrected chi connectivity index (χ3v) is 6.61. The minimum absolute atomic E-state index is 0.00724. The third-order valence-electron chi connectivity index (χ3n) is 6.61. The Morgan fingerprint density at radius 2 is 1.56 bits per heavy atom. The number of nitrogens with zero attached hydrogens (tertiary/aromatic N) is 2. The number of benzene rings is 2. The highest BCUT2D eigenvalue weighted by Crippen LogP contribution is 2.34. The van der Waals surface area contributed by atoms with Gasteiger partial charge in [-0.1, -0.05) is 48.5 Å². The molecule has 1 heterocycles. The van der Waals surface area contributed by atoms with Crippen LogP contribution in [0.3, 0.4) is 0 Å². The third kappa shape index (κ3) is 5.29. The van der Waals surface area contributed by atoms with Crippen LogP contribution in [0, 0.1) is 11.8 Å². The Labute approximate surface area is 188 Å². The van der Waals surface area contributed by atoms with Crippen molar-refractivity contribution >= 4 is 17.5 Å². The monoisotopic (exact) mass is 437 g/mol. The molecule has 2 N–H and O–H groups in total. The van der Waals surface area contributed by atoms with Crippen molar-refractivity contribution in [2.45, 2.75) is 32.0 Å². The number of hydrogen-bond donors (Lipinski definition) is 2. The van der Waals surface area contributed by atoms with E-state index >= 15 is 0 Å². The molecule has 2 fully saturated rings. The molecule has 1 aliphatic heterocycles. The molecule has 32 heavy (non-hydrogen) atoms. The number of amides is 2. The van der Waals surface area contributed by atoms with Gasteiger partial charge >= 0.3 is 0 Å². The number of rotatable bonds is 6. The second-order valence-corrected chi connectivity index (χ2v) is 8.57. The molecule has 1 aliphatic carbocycles. The van der Waals surface area contributed by atoms with Crippen molar-refractivity contribution in [3.05, 3.63) is 66.2 Å². The van der Waals surface area contributed by atoms with E-state index in [-0.39, 0.29) is 12.0 Å². The van der Waals surface area contributed by atoms with E-state index in [9.17, 15) is 14.8 Å². The van der Waals surface area contributed by atoms with Crippen LogP contribution in [-0.2, 0) is 20.9 Å². The van der Waals surface area contributed by atoms with Crippen molar-refractivity contribution in [1.29, 1.82) is 0 Å². The van der Waals surface area contributed by atoms with E-state index in [0.717, 1.165) is 30.8 Å². The number of hydroxylamine groups is 1. The van der Waals surface area contributed by atoms with Crippen molar-refractivity contribution < 1.29 is 19.5 Å². The van der Waals surface area contributed by atoms with Crippen LogP contribution in [-0.4, -0.2) is 54.2 Å². The van der Waals surface area contributed by atoms with Crippen molar-refractivity contribution in [1.82, 2.24) is 10.4 Å². The maximum Gasteiger partial charge on any atom is 0.247 e. The molecule has 2 amide bonds. The number of para-hydroxylation sites is 1. The zero-order chi connectivity index (χ0) is 22.3. The Balaban J connectivity index is 1.34. The van der Waals surface area contributed by atoms with Crippen LogP contribution in [0.1, 0.15) is 24.8 Å². The molecular formula is C25H31N3O4. The van der Waals surface area contributed by atoms with E-state index in [1.165, 1.54) is 0 Å². The summed E-state index contributed by atoms with van der Waals surface area (Å²) in [6.07, 6.45) is 1.62. The van der Waals surface area contributed by atoms with Crippen LogP contribution in [0.15, 0.2) is 60.7 Å². The van der Waals surface area contributed by atoms with E-state index in [0.29, 0.717) is 32.5 Å². The Morgan fingerprint density at radius 3 is 2.22 bits per heavy atom. The molecule has 7 nitrogen and oxygen atoms in total. The summed E-state index contributed by atoms with van der Waals surface area (Å²) in [6.45, 7) is 3.26. The fourth-order valence-electron chi connectivity index (χ4n) is 4.80. The van der Waals surface area contributed by atoms with Gasteiger partial charge in [-0.25, -0.2) is 5.48 Å². The standard InChI is InChI=1S/C25H31N3O4/c29-24(26-31)23-17-21(32-18-19-7-3-1-4-8-19)11-12-22(23)25(30)28-15-13-27(14-16-28)20-9-5-2-6-10-20/h1-10,21-23,31H,11-18H2,(H,26,29)/t21-,22-,23-/m1/s1. The first-order valence-electron chi connectivity index (χ1n) is 11.3. The van der Waals surface area contributed by atoms with Crippen LogP contribution < -0.4 is 10.4 Å². The molecule has 1 saturated carbocycles. The molecule has 170 valence electrons. The highest BCUT2D eigenvalue weighted by Gasteiger charge is 2.41. The lowest BCUT2D eigenvalue weighted by atomic mass is 9.76. The SMILES string of the molecule is O=C(NO)[C@@H]1C[C@H](OCc2ccccc2)CC[C@H]1C(=O)N1CCN(c2ccccc2)CC1. The van der Waals surface area contributed by atoms with Crippen LogP contribution in [0.25, 0.3) is 0 Å². The first-order valence-corrected chi connectivity index (χ1v) is 11.3. The van der Waals surface area contributed by atoms with Gasteiger partial charge < -0.3 is 14.5 Å². The minimum Gasteiger partial charge on any atom is -0.374 e. The molecule has 2 aromatic carbocycles. The zero-order valence-electron chi connectivity index (χ0n) is 18.2. The van der Waals surface area contributed by atoms with E-state index in [1.807, 2.05) is 53.4 Å². The van der Waals surface area contributed by atoms with E-state index < -0.39 is 17.7 Å². The van der Waals surface area contributed by atoms with Crippen molar-refractivity contribution in [2.24, 2.45) is 11.8 Å². The lowest BCUT2D eigenvalue weighted by Gasteiger charge is -2.40. The number of piperazine rings is 1. The largest absolute Gasteiger partial charge is 0.374 e. The minimum atomic E-state index is -0.589. The summed E-state index contributed by atoms with van der Waals surface area (Å²) >= 11 is 0. The van der Waals surface area contributed by atoms with Gasteiger partial charge in [0.1, 0.15) is 0 Å². The molecule has 2 aliphatic rings. The van der Waals surface area contributed by atoms with Crippen LogP contribution in [0.5, 0.6) is 0 Å². The summed E-state index contributed by atoms with van der Waals surface area (Å²) in [5, 5.41) is 9.28. The molecule has 3 atom stereocenters. The lowest BCUT2D eigenvalue weighted by molar-refractivity contribution is -0.150. The van der Waals surface area contributed by atoms with Crippen LogP contribution in [0.4, 0.5) is 5.69 Å². The van der Waals surface area contributed by atoms with E-state index in [1.54, 1.807) is 5.48 Å². The summed E-state index contributed by atoms with van der Waals surface area (Å²) in [6, 6.07) is 20.1. The van der Waals surface area contributed by atoms with Gasteiger partial charge in [0.2, 0.25) is 11.8 Å². The van der Waals surface area contributed by atoms with E-state index in [2.05, 4.69) is 17.0 Å². The summed E-state index contributed by atoms with van der Waals surface area (Å²) in [4.78, 5) is 29.9. The highest BCUT2D eigenvalue weighted by molar-refractivity contribution is 5.87. The van der Waals surface area contributed by atoms with Crippen molar-refractivity contribution in [3.8, 4) is 0 Å². The summed E-state index contributed by atoms with van der Waals surface area (Å²) in [7, 11) is 0. The number of carbonyl (C=O) groups excluding carboxylic acids is 2. The molecule has 1 saturated heterocycles. The maximum absolute atomic E-state index is 13.3. The Bertz CT molecular complexity index is 885. The Morgan fingerprint density at radius 1 is 0.906 bits per heavy atom. The normalized spacial score (nSPS) is 23.6. The zero-order valence-corrected chi connectivity index (χ0v) is 18.2. The van der Waals surface area contributed by atoms with Crippen LogP contribution >= 0.6 is 0 Å². The molecule has 2 aromatic rings. The average molecular weight is 438 g/mol. The van der Waals surface area contributed by atoms with Gasteiger partial charge in [0, 0.05) is 37.8 Å². The number of ether oxygens (including phenoxy) is 1. The number of hydrogen-bond acceptors (Lipinski definition) is 5. The molecule has 4 rings (SSSR count). The highest BCUT2D eigenvalue weighted by atomic mass is 16.5. The van der Waals surface area contributed by atoms with Gasteiger partial charge in [0.25, 0.3) is 0 Å². The van der Waals surface area contributed by atoms with Gasteiger partial charge in [-0.15, -0.1) is 0 Å². The molecular weight excluding hydrogens is 406 g/mol. The van der Waals surface area contributed by atoms with Gasteiger partial charge in [0.05, 0.1) is 18.6 Å². The molecule has 7 heteroatoms. The van der Waals surface area contributed by atoms with Gasteiger partial charge in [-0.05, 0) is 37.0 Å². The molecule has 0 aromatic heterocycles. The fourth-order valence-corrected chi connectivity index (χ4v) is 4.80. The Hall–Kier alpha value is -2.90. The fraction of sp³-hybridized carbons (Fsp3) is 0.440. The van der Waals surface area contributed by atoms with Crippen molar-refractivity contribution in [3.63, 3.8) is 0 Å². The predicted molar refractivity (Wildman–Crippen MR) is 121 cm³/mol. The summed E-state index contributed by atoms with van der Waals surface area (Å²) in [5.74, 6) is -1.51. The molecule has 0 bridgehead atoms. The lowest BCUT2D eigenvalue weighted by Crippen LogP contribution is -2.53. The van der Waals surface area contributed by atoms with Gasteiger partial charge in [0.15, 0.2) is 0 Å². The molecule has 0 unspecified atom stereocenters. The number of nitrogens with one attached hydrogen (secondary N) is 1. The van der Waals surface area contributed by atoms with Gasteiger partial charge in [-0.2, -0.15) is 0 Å². The summed E-state index contributed by atoms with van der Waals surface area (Å²) < 4.78 is 6.04. The topological polar surface area (TPSA) is 82.1 Å². The quantitative estimate of drug-likeness (QED) is 0.537. The first kappa shape index (κ1) is 22.3. The van der Waals surface area contributed by atoms with Crippen LogP contribution in [0.2, 0.25) is 0 Å². The predicted octanol–water partition coefficient (Wildman–Crippen LogP) is 2.84. The van der Waals surface area contributed by atoms with E-state index in [4.69, 9.17) is 4.74 Å². The molecule has 0 spiro atoms. The second kappa shape index (κ2) is 10.6. The number of anilines is 1. The van der Waals surface area contributed by atoms with Gasteiger partial charge in [-0.3, -0.25) is 14.8 Å².